The maximum absolute atomic E-state index is 12.4. The van der Waals surface area contributed by atoms with Crippen molar-refractivity contribution in [1.29, 1.82) is 0 Å². The number of methoxy groups -OCH3 is 1. The molecule has 0 aromatic carbocycles. The van der Waals surface area contributed by atoms with Gasteiger partial charge in [-0.15, -0.1) is 0 Å². The summed E-state index contributed by atoms with van der Waals surface area (Å²) in [6.45, 7) is 3.74. The molecule has 0 atom stereocenters. The highest BCUT2D eigenvalue weighted by molar-refractivity contribution is 6.44. The van der Waals surface area contributed by atoms with Crippen LogP contribution in [-0.2, 0) is 9.59 Å². The molecule has 3 heterocycles. The number of likely N-dealkylation sites (N-methyl/N-ethyl adjacent to an activating group) is 1. The molecule has 1 aliphatic heterocycles. The van der Waals surface area contributed by atoms with Crippen molar-refractivity contribution >= 4 is 34.8 Å². The lowest BCUT2D eigenvalue weighted by Crippen LogP contribution is -2.44. The van der Waals surface area contributed by atoms with Crippen molar-refractivity contribution in [3.63, 3.8) is 0 Å². The Kier molecular flexibility index (Phi) is 6.62. The van der Waals surface area contributed by atoms with Gasteiger partial charge in [0.1, 0.15) is 17.8 Å². The van der Waals surface area contributed by atoms with Crippen LogP contribution in [0.1, 0.15) is 0 Å². The zero-order valence-corrected chi connectivity index (χ0v) is 17.5. The van der Waals surface area contributed by atoms with E-state index in [4.69, 9.17) is 4.74 Å². The first-order chi connectivity index (χ1) is 14.4. The summed E-state index contributed by atoms with van der Waals surface area (Å²) in [5.74, 6) is -0.282. The Morgan fingerprint density at radius 1 is 1.03 bits per heavy atom. The molecule has 1 fully saturated rings. The third-order valence-corrected chi connectivity index (χ3v) is 4.69. The average molecular weight is 414 g/mol. The van der Waals surface area contributed by atoms with E-state index in [0.29, 0.717) is 11.5 Å². The van der Waals surface area contributed by atoms with Crippen LogP contribution in [0.15, 0.2) is 24.7 Å². The van der Waals surface area contributed by atoms with Crippen molar-refractivity contribution in [3.05, 3.63) is 24.7 Å². The van der Waals surface area contributed by atoms with Crippen LogP contribution in [0, 0.1) is 0 Å². The molecule has 0 spiro atoms. The fourth-order valence-corrected chi connectivity index (χ4v) is 3.00. The Hall–Kier alpha value is -3.47. The van der Waals surface area contributed by atoms with Crippen LogP contribution in [-0.4, -0.2) is 86.1 Å². The number of carbonyl (C=O) groups excluding carboxylic acids is 2. The molecule has 2 N–H and O–H groups in total. The minimum absolute atomic E-state index is 0.160. The maximum Gasteiger partial charge on any atom is 0.314 e. The van der Waals surface area contributed by atoms with Crippen molar-refractivity contribution in [2.45, 2.75) is 0 Å². The van der Waals surface area contributed by atoms with Crippen molar-refractivity contribution in [2.75, 3.05) is 74.9 Å². The molecule has 30 heavy (non-hydrogen) atoms. The predicted octanol–water partition coefficient (Wildman–Crippen LogP) is 0.275. The van der Waals surface area contributed by atoms with E-state index in [2.05, 4.69) is 42.4 Å². The standard InChI is InChI=1S/C19H26N8O3/c1-25(2)16-15(19(30-4)22-12-21-16)24-18(29)17(28)23-13-5-6-14(20-11-13)27-9-7-26(3)8-10-27/h5-6,11-12H,7-10H2,1-4H3,(H,23,28)(H,24,29). The second-order valence-electron chi connectivity index (χ2n) is 7.08. The minimum atomic E-state index is -0.866. The maximum atomic E-state index is 12.4. The third kappa shape index (κ3) is 4.92. The van der Waals surface area contributed by atoms with E-state index < -0.39 is 11.8 Å². The quantitative estimate of drug-likeness (QED) is 0.665. The smallest absolute Gasteiger partial charge is 0.314 e. The van der Waals surface area contributed by atoms with Gasteiger partial charge in [0.15, 0.2) is 5.82 Å². The van der Waals surface area contributed by atoms with Gasteiger partial charge in [-0.25, -0.2) is 9.97 Å². The van der Waals surface area contributed by atoms with Crippen LogP contribution >= 0.6 is 0 Å². The van der Waals surface area contributed by atoms with Gasteiger partial charge in [-0.1, -0.05) is 0 Å². The molecule has 2 aromatic heterocycles. The Morgan fingerprint density at radius 3 is 2.33 bits per heavy atom. The number of nitrogens with one attached hydrogen (secondary N) is 2. The molecular weight excluding hydrogens is 388 g/mol. The van der Waals surface area contributed by atoms with E-state index in [1.54, 1.807) is 25.1 Å². The highest BCUT2D eigenvalue weighted by Crippen LogP contribution is 2.29. The number of amides is 2. The fraction of sp³-hybridized carbons (Fsp3) is 0.421. The second-order valence-corrected chi connectivity index (χ2v) is 7.08. The van der Waals surface area contributed by atoms with Crippen LogP contribution in [0.4, 0.5) is 23.0 Å². The van der Waals surface area contributed by atoms with E-state index >= 15 is 0 Å². The summed E-state index contributed by atoms with van der Waals surface area (Å²) in [5, 5.41) is 5.07. The van der Waals surface area contributed by atoms with E-state index in [0.717, 1.165) is 32.0 Å². The van der Waals surface area contributed by atoms with Crippen LogP contribution in [0.3, 0.4) is 0 Å². The molecular formula is C19H26N8O3. The lowest BCUT2D eigenvalue weighted by molar-refractivity contribution is -0.133. The van der Waals surface area contributed by atoms with Gasteiger partial charge in [0.2, 0.25) is 5.88 Å². The van der Waals surface area contributed by atoms with Crippen molar-refractivity contribution in [3.8, 4) is 5.88 Å². The topological polar surface area (TPSA) is 116 Å². The molecule has 0 saturated carbocycles. The molecule has 1 saturated heterocycles. The van der Waals surface area contributed by atoms with Gasteiger partial charge in [-0.2, -0.15) is 4.98 Å². The second kappa shape index (κ2) is 9.35. The molecule has 0 unspecified atom stereocenters. The van der Waals surface area contributed by atoms with Crippen molar-refractivity contribution in [1.82, 2.24) is 19.9 Å². The number of ether oxygens (including phenoxy) is 1. The SMILES string of the molecule is COc1ncnc(N(C)C)c1NC(=O)C(=O)Nc1ccc(N2CCN(C)CC2)nc1. The fourth-order valence-electron chi connectivity index (χ4n) is 3.00. The summed E-state index contributed by atoms with van der Waals surface area (Å²) >= 11 is 0. The average Bonchev–Trinajstić information content (AvgIpc) is 2.74. The summed E-state index contributed by atoms with van der Waals surface area (Å²) in [6.07, 6.45) is 2.85. The van der Waals surface area contributed by atoms with Crippen LogP contribution < -0.4 is 25.2 Å². The number of hydrogen-bond acceptors (Lipinski definition) is 9. The number of anilines is 4. The predicted molar refractivity (Wildman–Crippen MR) is 114 cm³/mol. The molecule has 3 rings (SSSR count). The number of hydrogen-bond donors (Lipinski definition) is 2. The van der Waals surface area contributed by atoms with Crippen LogP contribution in [0.2, 0.25) is 0 Å². The summed E-state index contributed by atoms with van der Waals surface area (Å²) in [6, 6.07) is 3.56. The number of piperazine rings is 1. The lowest BCUT2D eigenvalue weighted by atomic mass is 10.3. The van der Waals surface area contributed by atoms with Crippen molar-refractivity contribution < 1.29 is 14.3 Å². The number of pyridine rings is 1. The number of nitrogens with zero attached hydrogens (tertiary/aromatic N) is 6. The van der Waals surface area contributed by atoms with Crippen molar-refractivity contribution in [2.24, 2.45) is 0 Å². The van der Waals surface area contributed by atoms with E-state index in [-0.39, 0.29) is 11.6 Å². The van der Waals surface area contributed by atoms with Crippen LogP contribution in [0.5, 0.6) is 5.88 Å². The van der Waals surface area contributed by atoms with Crippen LogP contribution in [0.25, 0.3) is 0 Å². The molecule has 1 aliphatic rings. The molecule has 0 radical (unpaired) electrons. The van der Waals surface area contributed by atoms with E-state index in [1.807, 2.05) is 6.07 Å². The Balaban J connectivity index is 1.64. The number of aromatic nitrogens is 3. The van der Waals surface area contributed by atoms with Gasteiger partial charge in [0.05, 0.1) is 19.0 Å². The molecule has 0 aliphatic carbocycles. The zero-order chi connectivity index (χ0) is 21.7. The molecule has 11 heteroatoms. The number of carbonyl (C=O) groups is 2. The van der Waals surface area contributed by atoms with Gasteiger partial charge in [0, 0.05) is 40.3 Å². The van der Waals surface area contributed by atoms with Gasteiger partial charge in [-0.05, 0) is 19.2 Å². The first-order valence-electron chi connectivity index (χ1n) is 9.47. The first-order valence-corrected chi connectivity index (χ1v) is 9.47. The Morgan fingerprint density at radius 2 is 1.73 bits per heavy atom. The summed E-state index contributed by atoms with van der Waals surface area (Å²) in [5.41, 5.74) is 0.644. The monoisotopic (exact) mass is 414 g/mol. The summed E-state index contributed by atoms with van der Waals surface area (Å²) < 4.78 is 5.17. The minimum Gasteiger partial charge on any atom is -0.479 e. The van der Waals surface area contributed by atoms with Gasteiger partial charge in [0.25, 0.3) is 0 Å². The normalized spacial score (nSPS) is 14.2. The summed E-state index contributed by atoms with van der Waals surface area (Å²) in [7, 11) is 7.02. The van der Waals surface area contributed by atoms with E-state index in [1.165, 1.54) is 19.6 Å². The molecule has 0 bridgehead atoms. The van der Waals surface area contributed by atoms with Gasteiger partial charge >= 0.3 is 11.8 Å². The van der Waals surface area contributed by atoms with Gasteiger partial charge in [-0.3, -0.25) is 9.59 Å². The lowest BCUT2D eigenvalue weighted by Gasteiger charge is -2.33. The molecule has 11 nitrogen and oxygen atoms in total. The Labute approximate surface area is 175 Å². The third-order valence-electron chi connectivity index (χ3n) is 4.69. The van der Waals surface area contributed by atoms with E-state index in [9.17, 15) is 9.59 Å². The molecule has 2 amide bonds. The first kappa shape index (κ1) is 21.2. The Bertz CT molecular complexity index is 895. The largest absolute Gasteiger partial charge is 0.479 e. The molecule has 160 valence electrons. The molecule has 2 aromatic rings. The number of rotatable bonds is 5. The highest BCUT2D eigenvalue weighted by atomic mass is 16.5. The zero-order valence-electron chi connectivity index (χ0n) is 17.5. The highest BCUT2D eigenvalue weighted by Gasteiger charge is 2.21. The summed E-state index contributed by atoms with van der Waals surface area (Å²) in [4.78, 5) is 43.4. The van der Waals surface area contributed by atoms with Gasteiger partial charge < -0.3 is 30.1 Å².